The highest BCUT2D eigenvalue weighted by Crippen LogP contribution is 2.40. The molecular weight excluding hydrogens is 350 g/mol. The highest BCUT2D eigenvalue weighted by Gasteiger charge is 2.29. The highest BCUT2D eigenvalue weighted by atomic mass is 16.6. The Bertz CT molecular complexity index is 1150. The van der Waals surface area contributed by atoms with Gasteiger partial charge >= 0.3 is 5.69 Å². The molecule has 1 aliphatic rings. The third-order valence-electron chi connectivity index (χ3n) is 4.35. The zero-order valence-corrected chi connectivity index (χ0v) is 14.1. The van der Waals surface area contributed by atoms with Gasteiger partial charge in [-0.3, -0.25) is 14.9 Å². The molecule has 0 amide bonds. The largest absolute Gasteiger partial charge is 0.500 e. The number of ether oxygens (including phenoxy) is 2. The van der Waals surface area contributed by atoms with Crippen LogP contribution in [0.2, 0.25) is 0 Å². The lowest BCUT2D eigenvalue weighted by molar-refractivity contribution is -0.386. The van der Waals surface area contributed by atoms with E-state index in [0.717, 1.165) is 16.8 Å². The van der Waals surface area contributed by atoms with Gasteiger partial charge in [0.15, 0.2) is 11.5 Å². The van der Waals surface area contributed by atoms with Crippen LogP contribution in [0.15, 0.2) is 54.3 Å². The highest BCUT2D eigenvalue weighted by molar-refractivity contribution is 6.17. The first-order valence-corrected chi connectivity index (χ1v) is 8.01. The lowest BCUT2D eigenvalue weighted by Crippen LogP contribution is -1.99. The topological polar surface area (TPSA) is 98.9 Å². The number of hydrogen-bond donors (Lipinski definition) is 1. The Morgan fingerprint density at radius 2 is 1.96 bits per heavy atom. The number of phenolic OH excluding ortho intramolecular Hbond substituents is 1. The number of hydrogen-bond acceptors (Lipinski definition) is 6. The van der Waals surface area contributed by atoms with E-state index in [1.807, 2.05) is 30.3 Å². The number of nitro benzene ring substituents is 1. The molecule has 0 spiro atoms. The first kappa shape index (κ1) is 16.6. The maximum absolute atomic E-state index is 12.7. The van der Waals surface area contributed by atoms with E-state index in [0.29, 0.717) is 16.9 Å². The average Bonchev–Trinajstić information content (AvgIpc) is 2.99. The molecule has 3 aromatic carbocycles. The zero-order chi connectivity index (χ0) is 19.1. The smallest absolute Gasteiger partial charge is 0.315 e. The second-order valence-electron chi connectivity index (χ2n) is 5.95. The zero-order valence-electron chi connectivity index (χ0n) is 14.1. The van der Waals surface area contributed by atoms with Crippen molar-refractivity contribution in [1.82, 2.24) is 0 Å². The summed E-state index contributed by atoms with van der Waals surface area (Å²) in [5, 5.41) is 22.8. The van der Waals surface area contributed by atoms with E-state index in [1.54, 1.807) is 6.07 Å². The van der Waals surface area contributed by atoms with Crippen molar-refractivity contribution in [3.05, 3.63) is 75.5 Å². The molecule has 0 aliphatic carbocycles. The fraction of sp³-hybridized carbons (Fsp3) is 0.0500. The standard InChI is InChI=1S/C20H13NO6/c1-26-16-9-11(8-15(19(16)23)21(24)25)10-17-18(22)14-7-6-12-4-2-3-5-13(12)20(14)27-17/h2-10,23H,1H3. The van der Waals surface area contributed by atoms with Crippen LogP contribution < -0.4 is 9.47 Å². The summed E-state index contributed by atoms with van der Waals surface area (Å²) in [7, 11) is 1.29. The molecule has 1 aliphatic heterocycles. The Kier molecular flexibility index (Phi) is 3.77. The Hall–Kier alpha value is -3.87. The lowest BCUT2D eigenvalue weighted by Gasteiger charge is -2.06. The molecule has 1 N–H and O–H groups in total. The van der Waals surface area contributed by atoms with Crippen molar-refractivity contribution in [3.63, 3.8) is 0 Å². The molecule has 0 saturated carbocycles. The summed E-state index contributed by atoms with van der Waals surface area (Å²) in [6.45, 7) is 0. The molecule has 7 nitrogen and oxygen atoms in total. The number of nitrogens with zero attached hydrogens (tertiary/aromatic N) is 1. The molecule has 0 radical (unpaired) electrons. The van der Waals surface area contributed by atoms with Gasteiger partial charge in [-0.15, -0.1) is 0 Å². The number of rotatable bonds is 3. The SMILES string of the molecule is COc1cc(C=C2Oc3c(ccc4ccccc34)C2=O)cc([N+](=O)[O-])c1O. The monoisotopic (exact) mass is 363 g/mol. The van der Waals surface area contributed by atoms with Crippen LogP contribution in [0.5, 0.6) is 17.2 Å². The van der Waals surface area contributed by atoms with Crippen molar-refractivity contribution in [1.29, 1.82) is 0 Å². The van der Waals surface area contributed by atoms with Crippen LogP contribution in [-0.4, -0.2) is 22.9 Å². The second kappa shape index (κ2) is 6.14. The maximum atomic E-state index is 12.7. The Balaban J connectivity index is 1.82. The van der Waals surface area contributed by atoms with Crippen LogP contribution in [0.3, 0.4) is 0 Å². The minimum atomic E-state index is -0.723. The number of aromatic hydroxyl groups is 1. The molecule has 134 valence electrons. The number of methoxy groups -OCH3 is 1. The van der Waals surface area contributed by atoms with Crippen LogP contribution in [0.25, 0.3) is 16.8 Å². The van der Waals surface area contributed by atoms with E-state index in [4.69, 9.17) is 9.47 Å². The maximum Gasteiger partial charge on any atom is 0.315 e. The van der Waals surface area contributed by atoms with Crippen molar-refractivity contribution >= 4 is 28.3 Å². The van der Waals surface area contributed by atoms with E-state index in [1.165, 1.54) is 19.3 Å². The van der Waals surface area contributed by atoms with Crippen LogP contribution in [0.1, 0.15) is 15.9 Å². The Morgan fingerprint density at radius 3 is 2.70 bits per heavy atom. The fourth-order valence-electron chi connectivity index (χ4n) is 3.06. The molecule has 0 unspecified atom stereocenters. The third-order valence-corrected chi connectivity index (χ3v) is 4.35. The normalized spacial score (nSPS) is 14.3. The van der Waals surface area contributed by atoms with Gasteiger partial charge in [-0.1, -0.05) is 30.3 Å². The van der Waals surface area contributed by atoms with Gasteiger partial charge in [-0.25, -0.2) is 0 Å². The van der Waals surface area contributed by atoms with Gasteiger partial charge < -0.3 is 14.6 Å². The van der Waals surface area contributed by atoms with Crippen molar-refractivity contribution in [2.75, 3.05) is 7.11 Å². The van der Waals surface area contributed by atoms with Crippen molar-refractivity contribution < 1.29 is 24.3 Å². The summed E-state index contributed by atoms with van der Waals surface area (Å²) in [6.07, 6.45) is 1.39. The minimum Gasteiger partial charge on any atom is -0.500 e. The van der Waals surface area contributed by atoms with Crippen LogP contribution in [0.4, 0.5) is 5.69 Å². The van der Waals surface area contributed by atoms with Crippen LogP contribution in [-0.2, 0) is 0 Å². The molecule has 0 bridgehead atoms. The second-order valence-corrected chi connectivity index (χ2v) is 5.95. The number of carbonyl (C=O) groups excluding carboxylic acids is 1. The van der Waals surface area contributed by atoms with Crippen LogP contribution >= 0.6 is 0 Å². The number of carbonyl (C=O) groups is 1. The van der Waals surface area contributed by atoms with Gasteiger partial charge in [-0.2, -0.15) is 0 Å². The molecule has 0 aromatic heterocycles. The summed E-state index contributed by atoms with van der Waals surface area (Å²) in [5.41, 5.74) is 0.214. The first-order valence-electron chi connectivity index (χ1n) is 8.01. The van der Waals surface area contributed by atoms with Gasteiger partial charge in [0.05, 0.1) is 17.6 Å². The predicted molar refractivity (Wildman–Crippen MR) is 98.2 cm³/mol. The number of benzene rings is 3. The minimum absolute atomic E-state index is 0.0448. The summed E-state index contributed by atoms with van der Waals surface area (Å²) >= 11 is 0. The Morgan fingerprint density at radius 1 is 1.19 bits per heavy atom. The molecule has 0 saturated heterocycles. The predicted octanol–water partition coefficient (Wildman–Crippen LogP) is 4.08. The van der Waals surface area contributed by atoms with E-state index in [2.05, 4.69) is 0 Å². The fourth-order valence-corrected chi connectivity index (χ4v) is 3.06. The van der Waals surface area contributed by atoms with Gasteiger partial charge in [0.25, 0.3) is 0 Å². The van der Waals surface area contributed by atoms with Gasteiger partial charge in [0.1, 0.15) is 5.75 Å². The lowest BCUT2D eigenvalue weighted by atomic mass is 10.0. The molecule has 0 fully saturated rings. The molecule has 0 atom stereocenters. The Labute approximate surface area is 153 Å². The number of Topliss-reactive ketones (excluding diaryl/α,β-unsaturated/α-hetero) is 1. The van der Waals surface area contributed by atoms with Crippen molar-refractivity contribution in [2.24, 2.45) is 0 Å². The van der Waals surface area contributed by atoms with Gasteiger partial charge in [0, 0.05) is 11.5 Å². The molecule has 3 aromatic rings. The number of fused-ring (bicyclic) bond motifs is 3. The van der Waals surface area contributed by atoms with E-state index < -0.39 is 16.4 Å². The first-order chi connectivity index (χ1) is 13.0. The summed E-state index contributed by atoms with van der Waals surface area (Å²) < 4.78 is 10.8. The van der Waals surface area contributed by atoms with Crippen LogP contribution in [0, 0.1) is 10.1 Å². The third kappa shape index (κ3) is 2.65. The molecule has 1 heterocycles. The summed E-state index contributed by atoms with van der Waals surface area (Å²) in [6, 6.07) is 13.6. The van der Waals surface area contributed by atoms with Crippen molar-refractivity contribution in [2.45, 2.75) is 0 Å². The quantitative estimate of drug-likeness (QED) is 0.428. The molecule has 4 rings (SSSR count). The summed E-state index contributed by atoms with van der Waals surface area (Å²) in [5.74, 6) is -0.444. The van der Waals surface area contributed by atoms with E-state index in [9.17, 15) is 20.0 Å². The molecule has 27 heavy (non-hydrogen) atoms. The van der Waals surface area contributed by atoms with E-state index >= 15 is 0 Å². The van der Waals surface area contributed by atoms with Gasteiger partial charge in [-0.05, 0) is 29.2 Å². The number of nitro groups is 1. The summed E-state index contributed by atoms with van der Waals surface area (Å²) in [4.78, 5) is 23.1. The average molecular weight is 363 g/mol. The number of ketones is 1. The molecular formula is C20H13NO6. The van der Waals surface area contributed by atoms with E-state index in [-0.39, 0.29) is 17.3 Å². The number of allylic oxidation sites excluding steroid dienone is 1. The van der Waals surface area contributed by atoms with Crippen molar-refractivity contribution in [3.8, 4) is 17.2 Å². The molecule has 7 heteroatoms. The van der Waals surface area contributed by atoms with Gasteiger partial charge in [0.2, 0.25) is 11.5 Å². The number of phenols is 1.